The lowest BCUT2D eigenvalue weighted by Crippen LogP contribution is -2.48. The summed E-state index contributed by atoms with van der Waals surface area (Å²) >= 11 is 0. The van der Waals surface area contributed by atoms with Gasteiger partial charge in [-0.25, -0.2) is 4.79 Å². The van der Waals surface area contributed by atoms with Crippen LogP contribution in [0.1, 0.15) is 44.9 Å². The van der Waals surface area contributed by atoms with Gasteiger partial charge in [-0.15, -0.1) is 0 Å². The maximum absolute atomic E-state index is 12.6. The van der Waals surface area contributed by atoms with Crippen molar-refractivity contribution in [2.75, 3.05) is 27.2 Å². The van der Waals surface area contributed by atoms with Crippen LogP contribution in [0.15, 0.2) is 0 Å². The van der Waals surface area contributed by atoms with Crippen molar-refractivity contribution < 1.29 is 19.5 Å². The first-order chi connectivity index (χ1) is 11.8. The third kappa shape index (κ3) is 3.33. The largest absolute Gasteiger partial charge is 0.481 e. The summed E-state index contributed by atoms with van der Waals surface area (Å²) in [5.41, 5.74) is -0.743. The van der Waals surface area contributed by atoms with Gasteiger partial charge in [-0.3, -0.25) is 9.59 Å². The highest BCUT2D eigenvalue weighted by atomic mass is 16.4. The number of carboxylic acids is 1. The Kier molecular flexibility index (Phi) is 4.93. The molecule has 2 saturated carbocycles. The molecule has 0 radical (unpaired) electrons. The predicted octanol–water partition coefficient (Wildman–Crippen LogP) is 1.53. The molecular formula is C18H29N3O4. The third-order valence-corrected chi connectivity index (χ3v) is 6.38. The van der Waals surface area contributed by atoms with Gasteiger partial charge in [0.05, 0.1) is 5.41 Å². The fourth-order valence-electron chi connectivity index (χ4n) is 4.97. The van der Waals surface area contributed by atoms with E-state index in [9.17, 15) is 19.5 Å². The summed E-state index contributed by atoms with van der Waals surface area (Å²) in [5.74, 6) is -0.596. The molecule has 0 bridgehead atoms. The molecule has 3 aliphatic rings. The van der Waals surface area contributed by atoms with Gasteiger partial charge in [0, 0.05) is 39.1 Å². The number of carbonyl (C=O) groups excluding carboxylic acids is 2. The van der Waals surface area contributed by atoms with Crippen molar-refractivity contribution >= 4 is 17.9 Å². The van der Waals surface area contributed by atoms with E-state index in [1.165, 1.54) is 0 Å². The first-order valence-corrected chi connectivity index (χ1v) is 9.33. The molecule has 0 spiro atoms. The molecule has 0 aromatic heterocycles. The second-order valence-electron chi connectivity index (χ2n) is 8.17. The number of hydrogen-bond acceptors (Lipinski definition) is 3. The van der Waals surface area contributed by atoms with Gasteiger partial charge >= 0.3 is 12.0 Å². The lowest BCUT2D eigenvalue weighted by Gasteiger charge is -2.32. The molecule has 4 atom stereocenters. The molecule has 3 amide bonds. The number of carbonyl (C=O) groups is 3. The maximum atomic E-state index is 12.6. The van der Waals surface area contributed by atoms with E-state index < -0.39 is 11.4 Å². The third-order valence-electron chi connectivity index (χ3n) is 6.38. The zero-order valence-electron chi connectivity index (χ0n) is 15.2. The Bertz CT molecular complexity index is 565. The molecular weight excluding hydrogens is 322 g/mol. The molecule has 2 aliphatic carbocycles. The maximum Gasteiger partial charge on any atom is 0.317 e. The molecule has 2 unspecified atom stereocenters. The smallest absolute Gasteiger partial charge is 0.317 e. The van der Waals surface area contributed by atoms with E-state index >= 15 is 0 Å². The monoisotopic (exact) mass is 351 g/mol. The van der Waals surface area contributed by atoms with Crippen LogP contribution in [-0.2, 0) is 9.59 Å². The fraction of sp³-hybridized carbons (Fsp3) is 0.833. The van der Waals surface area contributed by atoms with Crippen molar-refractivity contribution in [3.05, 3.63) is 0 Å². The van der Waals surface area contributed by atoms with Gasteiger partial charge in [0.1, 0.15) is 0 Å². The Morgan fingerprint density at radius 2 is 1.92 bits per heavy atom. The minimum absolute atomic E-state index is 0.00336. The van der Waals surface area contributed by atoms with Gasteiger partial charge in [0.2, 0.25) is 5.91 Å². The van der Waals surface area contributed by atoms with Crippen LogP contribution < -0.4 is 5.32 Å². The Labute approximate surface area is 148 Å². The molecule has 1 saturated heterocycles. The number of rotatable bonds is 3. The van der Waals surface area contributed by atoms with Gasteiger partial charge in [0.15, 0.2) is 0 Å². The summed E-state index contributed by atoms with van der Waals surface area (Å²) < 4.78 is 0. The van der Waals surface area contributed by atoms with Crippen molar-refractivity contribution in [3.63, 3.8) is 0 Å². The van der Waals surface area contributed by atoms with Crippen LogP contribution in [0.25, 0.3) is 0 Å². The first kappa shape index (κ1) is 18.0. The molecule has 1 heterocycles. The van der Waals surface area contributed by atoms with Crippen molar-refractivity contribution in [2.24, 2.45) is 17.3 Å². The van der Waals surface area contributed by atoms with Gasteiger partial charge < -0.3 is 20.2 Å². The highest BCUT2D eigenvalue weighted by molar-refractivity contribution is 5.81. The van der Waals surface area contributed by atoms with Crippen molar-refractivity contribution in [1.82, 2.24) is 15.1 Å². The van der Waals surface area contributed by atoms with Crippen molar-refractivity contribution in [3.8, 4) is 0 Å². The summed E-state index contributed by atoms with van der Waals surface area (Å²) in [6.07, 6.45) is 5.84. The minimum Gasteiger partial charge on any atom is -0.481 e. The number of carboxylic acid groups (broad SMARTS) is 1. The summed E-state index contributed by atoms with van der Waals surface area (Å²) in [7, 11) is 3.53. The number of nitrogens with zero attached hydrogens (tertiary/aromatic N) is 2. The number of urea groups is 1. The molecule has 3 rings (SSSR count). The van der Waals surface area contributed by atoms with E-state index in [-0.39, 0.29) is 29.8 Å². The molecule has 0 aromatic carbocycles. The first-order valence-electron chi connectivity index (χ1n) is 9.33. The molecule has 7 heteroatoms. The molecule has 1 aliphatic heterocycles. The van der Waals surface area contributed by atoms with Crippen LogP contribution in [0.2, 0.25) is 0 Å². The highest BCUT2D eigenvalue weighted by Crippen LogP contribution is 2.48. The van der Waals surface area contributed by atoms with Crippen LogP contribution in [0.4, 0.5) is 4.79 Å². The van der Waals surface area contributed by atoms with E-state index in [1.54, 1.807) is 23.9 Å². The standard InChI is InChI=1S/C18H29N3O4/c1-20(2)15(22)12-5-3-7-14(9-12)19-17(25)21-10-13-6-4-8-18(13,11-21)16(23)24/h12-14H,3-11H2,1-2H3,(H,19,25)(H,23,24)/t12?,13-,14?,18+/m0/s1. The fourth-order valence-corrected chi connectivity index (χ4v) is 4.97. The average molecular weight is 351 g/mol. The lowest BCUT2D eigenvalue weighted by atomic mass is 9.81. The average Bonchev–Trinajstić information content (AvgIpc) is 3.12. The van der Waals surface area contributed by atoms with E-state index in [4.69, 9.17) is 0 Å². The van der Waals surface area contributed by atoms with Gasteiger partial charge in [-0.1, -0.05) is 12.8 Å². The SMILES string of the molecule is CN(C)C(=O)C1CCCC(NC(=O)N2C[C@@H]3CCC[C@@]3(C(=O)O)C2)C1. The van der Waals surface area contributed by atoms with Gasteiger partial charge in [-0.2, -0.15) is 0 Å². The topological polar surface area (TPSA) is 90.0 Å². The van der Waals surface area contributed by atoms with Crippen LogP contribution in [-0.4, -0.2) is 66.0 Å². The number of amides is 3. The Hall–Kier alpha value is -1.79. The van der Waals surface area contributed by atoms with E-state index in [2.05, 4.69) is 5.32 Å². The normalized spacial score (nSPS) is 34.5. The van der Waals surface area contributed by atoms with Crippen molar-refractivity contribution in [1.29, 1.82) is 0 Å². The molecule has 140 valence electrons. The predicted molar refractivity (Wildman–Crippen MR) is 92.0 cm³/mol. The number of nitrogens with one attached hydrogen (secondary N) is 1. The van der Waals surface area contributed by atoms with Crippen LogP contribution in [0, 0.1) is 17.3 Å². The number of likely N-dealkylation sites (tertiary alicyclic amines) is 1. The lowest BCUT2D eigenvalue weighted by molar-refractivity contribution is -0.149. The second kappa shape index (κ2) is 6.84. The molecule has 2 N–H and O–H groups in total. The van der Waals surface area contributed by atoms with Gasteiger partial charge in [0.25, 0.3) is 0 Å². The summed E-state index contributed by atoms with van der Waals surface area (Å²) in [6.45, 7) is 0.844. The van der Waals surface area contributed by atoms with E-state index in [0.29, 0.717) is 25.9 Å². The Morgan fingerprint density at radius 1 is 1.16 bits per heavy atom. The number of fused-ring (bicyclic) bond motifs is 1. The molecule has 0 aromatic rings. The minimum atomic E-state index is -0.764. The van der Waals surface area contributed by atoms with E-state index in [1.807, 2.05) is 0 Å². The molecule has 7 nitrogen and oxygen atoms in total. The van der Waals surface area contributed by atoms with Gasteiger partial charge in [-0.05, 0) is 38.0 Å². The summed E-state index contributed by atoms with van der Waals surface area (Å²) in [4.78, 5) is 39.9. The highest BCUT2D eigenvalue weighted by Gasteiger charge is 2.55. The van der Waals surface area contributed by atoms with E-state index in [0.717, 1.165) is 32.1 Å². The molecule has 25 heavy (non-hydrogen) atoms. The Balaban J connectivity index is 1.58. The number of aliphatic carboxylic acids is 1. The van der Waals surface area contributed by atoms with Crippen LogP contribution in [0.5, 0.6) is 0 Å². The zero-order valence-corrected chi connectivity index (χ0v) is 15.2. The van der Waals surface area contributed by atoms with Crippen molar-refractivity contribution in [2.45, 2.75) is 51.0 Å². The summed E-state index contributed by atoms with van der Waals surface area (Å²) in [6, 6.07) is -0.172. The second-order valence-corrected chi connectivity index (χ2v) is 8.17. The summed E-state index contributed by atoms with van der Waals surface area (Å²) in [5, 5.41) is 12.7. The molecule has 3 fully saturated rings. The Morgan fingerprint density at radius 3 is 2.56 bits per heavy atom. The van der Waals surface area contributed by atoms with Crippen LogP contribution >= 0.6 is 0 Å². The zero-order chi connectivity index (χ0) is 18.2. The van der Waals surface area contributed by atoms with Crippen LogP contribution in [0.3, 0.4) is 0 Å². The number of hydrogen-bond donors (Lipinski definition) is 2. The quantitative estimate of drug-likeness (QED) is 0.807.